The van der Waals surface area contributed by atoms with Gasteiger partial charge in [0.25, 0.3) is 0 Å². The lowest BCUT2D eigenvalue weighted by Gasteiger charge is -2.30. The van der Waals surface area contributed by atoms with Crippen molar-refractivity contribution >= 4 is 0 Å². The molecular formula is C12H15F2NO. The van der Waals surface area contributed by atoms with Crippen molar-refractivity contribution in [2.75, 3.05) is 6.54 Å². The highest BCUT2D eigenvalue weighted by Crippen LogP contribution is 2.23. The van der Waals surface area contributed by atoms with Crippen molar-refractivity contribution in [2.24, 2.45) is 5.92 Å². The maximum absolute atomic E-state index is 13.3. The monoisotopic (exact) mass is 227 g/mol. The van der Waals surface area contributed by atoms with Crippen LogP contribution in [-0.4, -0.2) is 12.8 Å². The van der Waals surface area contributed by atoms with Gasteiger partial charge in [-0.3, -0.25) is 5.32 Å². The SMILES string of the molecule is CC1CCCNC1Oc1ccc(F)cc1F. The largest absolute Gasteiger partial charge is 0.472 e. The van der Waals surface area contributed by atoms with E-state index in [2.05, 4.69) is 12.2 Å². The summed E-state index contributed by atoms with van der Waals surface area (Å²) in [7, 11) is 0. The van der Waals surface area contributed by atoms with Gasteiger partial charge in [0, 0.05) is 12.0 Å². The van der Waals surface area contributed by atoms with E-state index >= 15 is 0 Å². The molecule has 2 atom stereocenters. The second-order valence-corrected chi connectivity index (χ2v) is 4.19. The zero-order chi connectivity index (χ0) is 11.5. The van der Waals surface area contributed by atoms with Gasteiger partial charge in [0.05, 0.1) is 0 Å². The van der Waals surface area contributed by atoms with E-state index in [1.807, 2.05) is 0 Å². The topological polar surface area (TPSA) is 21.3 Å². The first-order valence-corrected chi connectivity index (χ1v) is 5.52. The van der Waals surface area contributed by atoms with Crippen LogP contribution < -0.4 is 10.1 Å². The van der Waals surface area contributed by atoms with Crippen molar-refractivity contribution < 1.29 is 13.5 Å². The average Bonchev–Trinajstić information content (AvgIpc) is 2.25. The molecule has 1 aromatic rings. The molecular weight excluding hydrogens is 212 g/mol. The molecule has 1 aliphatic rings. The van der Waals surface area contributed by atoms with Crippen LogP contribution >= 0.6 is 0 Å². The summed E-state index contributed by atoms with van der Waals surface area (Å²) in [6, 6.07) is 3.36. The Hall–Kier alpha value is -1.16. The van der Waals surface area contributed by atoms with Gasteiger partial charge in [0.15, 0.2) is 17.8 Å². The zero-order valence-electron chi connectivity index (χ0n) is 9.17. The molecule has 0 radical (unpaired) electrons. The summed E-state index contributed by atoms with van der Waals surface area (Å²) in [5.74, 6) is -0.806. The fraction of sp³-hybridized carbons (Fsp3) is 0.500. The minimum absolute atomic E-state index is 0.104. The van der Waals surface area contributed by atoms with Gasteiger partial charge < -0.3 is 4.74 Å². The first kappa shape index (κ1) is 11.3. The van der Waals surface area contributed by atoms with Crippen LogP contribution in [0.2, 0.25) is 0 Å². The standard InChI is InChI=1S/C12H15F2NO/c1-8-3-2-6-15-12(8)16-11-5-4-9(13)7-10(11)14/h4-5,7-8,12,15H,2-3,6H2,1H3. The molecule has 4 heteroatoms. The summed E-state index contributed by atoms with van der Waals surface area (Å²) in [6.07, 6.45) is 1.97. The van der Waals surface area contributed by atoms with Crippen LogP contribution in [0.25, 0.3) is 0 Å². The molecule has 2 unspecified atom stereocenters. The van der Waals surface area contributed by atoms with E-state index in [9.17, 15) is 8.78 Å². The Morgan fingerprint density at radius 2 is 2.19 bits per heavy atom. The molecule has 0 saturated carbocycles. The van der Waals surface area contributed by atoms with E-state index in [1.54, 1.807) is 0 Å². The second kappa shape index (κ2) is 4.78. The van der Waals surface area contributed by atoms with Gasteiger partial charge in [-0.05, 0) is 31.5 Å². The van der Waals surface area contributed by atoms with Gasteiger partial charge in [0.1, 0.15) is 5.82 Å². The summed E-state index contributed by atoms with van der Waals surface area (Å²) < 4.78 is 31.5. The van der Waals surface area contributed by atoms with E-state index in [-0.39, 0.29) is 12.0 Å². The lowest BCUT2D eigenvalue weighted by atomic mass is 10.00. The lowest BCUT2D eigenvalue weighted by molar-refractivity contribution is 0.0776. The number of piperidine rings is 1. The van der Waals surface area contributed by atoms with Gasteiger partial charge in [-0.15, -0.1) is 0 Å². The number of halogens is 2. The van der Waals surface area contributed by atoms with Crippen molar-refractivity contribution in [3.8, 4) is 5.75 Å². The maximum Gasteiger partial charge on any atom is 0.168 e. The molecule has 1 N–H and O–H groups in total. The second-order valence-electron chi connectivity index (χ2n) is 4.19. The van der Waals surface area contributed by atoms with Crippen molar-refractivity contribution in [1.29, 1.82) is 0 Å². The number of hydrogen-bond acceptors (Lipinski definition) is 2. The fourth-order valence-corrected chi connectivity index (χ4v) is 1.89. The molecule has 1 aliphatic heterocycles. The average molecular weight is 227 g/mol. The molecule has 0 spiro atoms. The maximum atomic E-state index is 13.3. The quantitative estimate of drug-likeness (QED) is 0.838. The molecule has 1 fully saturated rings. The Balaban J connectivity index is 2.07. The summed E-state index contributed by atoms with van der Waals surface area (Å²) >= 11 is 0. The molecule has 16 heavy (non-hydrogen) atoms. The van der Waals surface area contributed by atoms with Gasteiger partial charge in [-0.25, -0.2) is 8.78 Å². The van der Waals surface area contributed by atoms with E-state index in [0.29, 0.717) is 5.92 Å². The summed E-state index contributed by atoms with van der Waals surface area (Å²) in [6.45, 7) is 2.93. The summed E-state index contributed by atoms with van der Waals surface area (Å²) in [4.78, 5) is 0. The first-order valence-electron chi connectivity index (χ1n) is 5.52. The molecule has 0 aromatic heterocycles. The molecule has 1 aromatic carbocycles. The molecule has 88 valence electrons. The van der Waals surface area contributed by atoms with Crippen LogP contribution in [0, 0.1) is 17.6 Å². The number of rotatable bonds is 2. The number of hydrogen-bond donors (Lipinski definition) is 1. The van der Waals surface area contributed by atoms with E-state index in [4.69, 9.17) is 4.74 Å². The Kier molecular flexibility index (Phi) is 3.39. The predicted molar refractivity (Wildman–Crippen MR) is 57.2 cm³/mol. The van der Waals surface area contributed by atoms with Crippen LogP contribution in [0.5, 0.6) is 5.75 Å². The van der Waals surface area contributed by atoms with Crippen LogP contribution in [0.1, 0.15) is 19.8 Å². The van der Waals surface area contributed by atoms with Crippen LogP contribution in [0.3, 0.4) is 0 Å². The van der Waals surface area contributed by atoms with Gasteiger partial charge >= 0.3 is 0 Å². The number of ether oxygens (including phenoxy) is 1. The molecule has 2 nitrogen and oxygen atoms in total. The highest BCUT2D eigenvalue weighted by molar-refractivity contribution is 5.24. The predicted octanol–water partition coefficient (Wildman–Crippen LogP) is 2.69. The molecule has 0 bridgehead atoms. The Morgan fingerprint density at radius 3 is 2.88 bits per heavy atom. The Morgan fingerprint density at radius 1 is 1.38 bits per heavy atom. The smallest absolute Gasteiger partial charge is 0.168 e. The fourth-order valence-electron chi connectivity index (χ4n) is 1.89. The van der Waals surface area contributed by atoms with Crippen LogP contribution in [0.4, 0.5) is 8.78 Å². The van der Waals surface area contributed by atoms with Crippen LogP contribution in [-0.2, 0) is 0 Å². The molecule has 0 aliphatic carbocycles. The highest BCUT2D eigenvalue weighted by atomic mass is 19.1. The highest BCUT2D eigenvalue weighted by Gasteiger charge is 2.23. The minimum Gasteiger partial charge on any atom is -0.472 e. The third kappa shape index (κ3) is 2.50. The Labute approximate surface area is 93.6 Å². The normalized spacial score (nSPS) is 25.4. The van der Waals surface area contributed by atoms with Gasteiger partial charge in [-0.1, -0.05) is 6.92 Å². The minimum atomic E-state index is -0.653. The molecule has 1 saturated heterocycles. The van der Waals surface area contributed by atoms with Gasteiger partial charge in [0.2, 0.25) is 0 Å². The summed E-state index contributed by atoms with van der Waals surface area (Å²) in [5.41, 5.74) is 0. The van der Waals surface area contributed by atoms with Crippen molar-refractivity contribution in [2.45, 2.75) is 26.0 Å². The van der Waals surface area contributed by atoms with E-state index in [1.165, 1.54) is 12.1 Å². The Bertz CT molecular complexity index is 370. The number of benzene rings is 1. The van der Waals surface area contributed by atoms with Gasteiger partial charge in [-0.2, -0.15) is 0 Å². The van der Waals surface area contributed by atoms with Crippen molar-refractivity contribution in [3.63, 3.8) is 0 Å². The van der Waals surface area contributed by atoms with E-state index < -0.39 is 11.6 Å². The molecule has 2 rings (SSSR count). The van der Waals surface area contributed by atoms with E-state index in [0.717, 1.165) is 25.5 Å². The summed E-state index contributed by atoms with van der Waals surface area (Å²) in [5, 5.41) is 3.18. The molecule has 0 amide bonds. The first-order chi connectivity index (χ1) is 7.66. The van der Waals surface area contributed by atoms with Crippen LogP contribution in [0.15, 0.2) is 18.2 Å². The third-order valence-corrected chi connectivity index (χ3v) is 2.85. The molecule has 1 heterocycles. The lowest BCUT2D eigenvalue weighted by Crippen LogP contribution is -2.44. The van der Waals surface area contributed by atoms with Crippen molar-refractivity contribution in [3.05, 3.63) is 29.8 Å². The van der Waals surface area contributed by atoms with Crippen molar-refractivity contribution in [1.82, 2.24) is 5.32 Å². The zero-order valence-corrected chi connectivity index (χ0v) is 9.17. The third-order valence-electron chi connectivity index (χ3n) is 2.85. The number of nitrogens with one attached hydrogen (secondary N) is 1.